The number of rotatable bonds is 42. The fourth-order valence-electron chi connectivity index (χ4n) is 10.1. The number of unbranched alkanes of at least 4 members (excludes halogenated alkanes) is 25. The normalized spacial score (nSPS) is 31.8. The Morgan fingerprint density at radius 3 is 1.23 bits per heavy atom. The van der Waals surface area contributed by atoms with Crippen LogP contribution in [-0.2, 0) is 33.2 Å². The zero-order valence-corrected chi connectivity index (χ0v) is 45.0. The van der Waals surface area contributed by atoms with Gasteiger partial charge >= 0.3 is 0 Å². The van der Waals surface area contributed by atoms with E-state index in [1.807, 2.05) is 0 Å². The average molecular weight is 1070 g/mol. The van der Waals surface area contributed by atoms with Crippen LogP contribution in [0.3, 0.4) is 0 Å². The predicted octanol–water partition coefficient (Wildman–Crippen LogP) is 3.01. The molecule has 74 heavy (non-hydrogen) atoms. The Balaban J connectivity index is 1.68. The molecule has 3 saturated heterocycles. The zero-order valence-electron chi connectivity index (χ0n) is 45.0. The fraction of sp³-hybridized carbons (Fsp3) is 0.981. The number of aliphatic hydroxyl groups is 12. The first-order valence-corrected chi connectivity index (χ1v) is 28.9. The number of carbonyl (C=O) groups excluding carboxylic acids is 1. The first-order valence-electron chi connectivity index (χ1n) is 28.9. The number of amides is 1. The maximum Gasteiger partial charge on any atom is 0.220 e. The fourth-order valence-corrected chi connectivity index (χ4v) is 10.1. The molecular weight excluding hydrogens is 967 g/mol. The van der Waals surface area contributed by atoms with Gasteiger partial charge in [-0.05, 0) is 12.8 Å². The number of nitrogens with one attached hydrogen (secondary N) is 1. The molecule has 438 valence electrons. The summed E-state index contributed by atoms with van der Waals surface area (Å²) in [5.74, 6) is -0.392. The molecule has 0 aromatic carbocycles. The zero-order chi connectivity index (χ0) is 54.3. The third kappa shape index (κ3) is 23.6. The third-order valence-corrected chi connectivity index (χ3v) is 15.0. The van der Waals surface area contributed by atoms with Crippen LogP contribution in [0.4, 0.5) is 0 Å². The van der Waals surface area contributed by atoms with Crippen molar-refractivity contribution < 1.29 is 94.5 Å². The van der Waals surface area contributed by atoms with Crippen LogP contribution in [0.25, 0.3) is 0 Å². The van der Waals surface area contributed by atoms with Crippen molar-refractivity contribution in [3.05, 3.63) is 0 Å². The summed E-state index contributed by atoms with van der Waals surface area (Å²) >= 11 is 0. The van der Waals surface area contributed by atoms with Gasteiger partial charge in [0.05, 0.1) is 38.6 Å². The molecule has 3 fully saturated rings. The maximum atomic E-state index is 13.5. The summed E-state index contributed by atoms with van der Waals surface area (Å²) in [6, 6.07) is -1.23. The standard InChI is InChI=1S/C54H103NO19/c1-3-5-7-9-11-13-15-17-19-20-22-24-26-28-30-37(59)42(61)36(55-41(60)31-29-27-25-23-21-18-16-14-12-10-8-6-4-2)35-69-53-50(47(66)44(63)39(33-57)71-53)74-54-51(48(67)45(64)40(34-58)72-54)73-52-49(68)46(65)43(62)38(32-56)70-52/h36-40,42-54,56-59,61-68H,3-35H2,1-2H3,(H,55,60)/t36?,37-,38-,39-,40-,42+,43-,44+,45+,46+,47+,48+,49-,50-,51-,52-,53+,54-/m1/s1. The molecule has 3 rings (SSSR count). The van der Waals surface area contributed by atoms with Gasteiger partial charge in [-0.1, -0.05) is 181 Å². The highest BCUT2D eigenvalue weighted by Gasteiger charge is 2.54. The molecule has 0 aromatic rings. The van der Waals surface area contributed by atoms with Crippen molar-refractivity contribution in [3.63, 3.8) is 0 Å². The van der Waals surface area contributed by atoms with Gasteiger partial charge in [0.15, 0.2) is 18.9 Å². The van der Waals surface area contributed by atoms with Crippen molar-refractivity contribution in [2.75, 3.05) is 26.4 Å². The van der Waals surface area contributed by atoms with Crippen LogP contribution < -0.4 is 5.32 Å². The van der Waals surface area contributed by atoms with Crippen molar-refractivity contribution in [3.8, 4) is 0 Å². The second-order valence-electron chi connectivity index (χ2n) is 21.3. The van der Waals surface area contributed by atoms with Gasteiger partial charge in [0.2, 0.25) is 5.91 Å². The Labute approximate surface area is 441 Å². The van der Waals surface area contributed by atoms with E-state index in [1.54, 1.807) is 0 Å². The molecule has 0 saturated carbocycles. The smallest absolute Gasteiger partial charge is 0.220 e. The molecular formula is C54H103NO19. The average Bonchev–Trinajstić information content (AvgIpc) is 3.39. The Morgan fingerprint density at radius 2 is 0.797 bits per heavy atom. The largest absolute Gasteiger partial charge is 0.394 e. The highest BCUT2D eigenvalue weighted by molar-refractivity contribution is 5.76. The molecule has 3 heterocycles. The van der Waals surface area contributed by atoms with E-state index in [0.717, 1.165) is 51.4 Å². The Hall–Kier alpha value is -1.25. The monoisotopic (exact) mass is 1070 g/mol. The van der Waals surface area contributed by atoms with Gasteiger partial charge in [-0.25, -0.2) is 0 Å². The summed E-state index contributed by atoms with van der Waals surface area (Å²) in [5.41, 5.74) is 0. The summed E-state index contributed by atoms with van der Waals surface area (Å²) in [6.45, 7) is 1.44. The van der Waals surface area contributed by atoms with Gasteiger partial charge in [-0.3, -0.25) is 4.79 Å². The van der Waals surface area contributed by atoms with Gasteiger partial charge in [0.1, 0.15) is 79.4 Å². The van der Waals surface area contributed by atoms with Crippen LogP contribution in [0.2, 0.25) is 0 Å². The summed E-state index contributed by atoms with van der Waals surface area (Å²) in [7, 11) is 0. The minimum atomic E-state index is -1.97. The molecule has 20 heteroatoms. The minimum Gasteiger partial charge on any atom is -0.394 e. The maximum absolute atomic E-state index is 13.5. The van der Waals surface area contributed by atoms with E-state index in [1.165, 1.54) is 109 Å². The highest BCUT2D eigenvalue weighted by Crippen LogP contribution is 2.34. The summed E-state index contributed by atoms with van der Waals surface area (Å²) in [5, 5.41) is 132. The number of carbonyl (C=O) groups is 1. The lowest BCUT2D eigenvalue weighted by Crippen LogP contribution is -2.67. The first-order chi connectivity index (χ1) is 35.7. The topological polar surface area (TPSA) is 327 Å². The quantitative estimate of drug-likeness (QED) is 0.0391. The predicted molar refractivity (Wildman–Crippen MR) is 274 cm³/mol. The lowest BCUT2D eigenvalue weighted by Gasteiger charge is -2.48. The Morgan fingerprint density at radius 1 is 0.446 bits per heavy atom. The molecule has 0 bridgehead atoms. The van der Waals surface area contributed by atoms with Crippen molar-refractivity contribution in [1.82, 2.24) is 5.32 Å². The Bertz CT molecular complexity index is 1390. The van der Waals surface area contributed by atoms with E-state index in [4.69, 9.17) is 28.4 Å². The van der Waals surface area contributed by atoms with Crippen LogP contribution in [-0.4, -0.2) is 204 Å². The summed E-state index contributed by atoms with van der Waals surface area (Å²) in [6.07, 6.45) is 1.80. The third-order valence-electron chi connectivity index (χ3n) is 15.0. The van der Waals surface area contributed by atoms with E-state index in [9.17, 15) is 66.1 Å². The number of ether oxygens (including phenoxy) is 6. The molecule has 3 aliphatic rings. The van der Waals surface area contributed by atoms with Gasteiger partial charge in [-0.15, -0.1) is 0 Å². The van der Waals surface area contributed by atoms with E-state index >= 15 is 0 Å². The molecule has 13 N–H and O–H groups in total. The van der Waals surface area contributed by atoms with E-state index in [-0.39, 0.29) is 12.8 Å². The van der Waals surface area contributed by atoms with Gasteiger partial charge in [-0.2, -0.15) is 0 Å². The first kappa shape index (κ1) is 67.0. The van der Waals surface area contributed by atoms with Crippen LogP contribution in [0.1, 0.15) is 200 Å². The van der Waals surface area contributed by atoms with E-state index in [2.05, 4.69) is 19.2 Å². The molecule has 3 aliphatic heterocycles. The van der Waals surface area contributed by atoms with Gasteiger partial charge < -0.3 is 95.0 Å². The molecule has 1 unspecified atom stereocenters. The number of aliphatic hydroxyl groups excluding tert-OH is 12. The van der Waals surface area contributed by atoms with E-state index < -0.39 is 143 Å². The van der Waals surface area contributed by atoms with Crippen LogP contribution in [0, 0.1) is 0 Å². The van der Waals surface area contributed by atoms with Gasteiger partial charge in [0, 0.05) is 6.42 Å². The van der Waals surface area contributed by atoms with Crippen LogP contribution >= 0.6 is 0 Å². The van der Waals surface area contributed by atoms with Crippen molar-refractivity contribution in [1.29, 1.82) is 0 Å². The van der Waals surface area contributed by atoms with Crippen LogP contribution in [0.15, 0.2) is 0 Å². The van der Waals surface area contributed by atoms with Crippen molar-refractivity contribution >= 4 is 5.91 Å². The summed E-state index contributed by atoms with van der Waals surface area (Å²) < 4.78 is 35.0. The molecule has 0 aliphatic carbocycles. The minimum absolute atomic E-state index is 0.147. The molecule has 0 radical (unpaired) electrons. The van der Waals surface area contributed by atoms with Gasteiger partial charge in [0.25, 0.3) is 0 Å². The molecule has 20 nitrogen and oxygen atoms in total. The summed E-state index contributed by atoms with van der Waals surface area (Å²) in [4.78, 5) is 13.5. The van der Waals surface area contributed by atoms with Crippen LogP contribution in [0.5, 0.6) is 0 Å². The number of hydrogen-bond acceptors (Lipinski definition) is 19. The SMILES string of the molecule is CCCCCCCCCCCCCCCC[C@@H](O)[C@@H](O)C(CO[C@H]1O[C@H](CO)[C@H](O)[C@H](O)[C@H]1O[C@H]1O[C@H](CO)[C@H](O)[C@H](O)[C@H]1O[C@H]1O[C@H](CO)[C@@H](O)[C@H](O)[C@H]1O)NC(=O)CCCCCCCCCCCCCCC. The molecule has 0 aromatic heterocycles. The van der Waals surface area contributed by atoms with E-state index in [0.29, 0.717) is 12.8 Å². The Kier molecular flexibility index (Phi) is 35.5. The molecule has 18 atom stereocenters. The second-order valence-corrected chi connectivity index (χ2v) is 21.3. The lowest BCUT2D eigenvalue weighted by atomic mass is 9.96. The second kappa shape index (κ2) is 39.2. The van der Waals surface area contributed by atoms with Crippen molar-refractivity contribution in [2.45, 2.75) is 310 Å². The highest BCUT2D eigenvalue weighted by atomic mass is 16.8. The molecule has 0 spiro atoms. The lowest BCUT2D eigenvalue weighted by molar-refractivity contribution is -0.393. The molecule has 1 amide bonds. The van der Waals surface area contributed by atoms with Crippen molar-refractivity contribution in [2.24, 2.45) is 0 Å². The number of hydrogen-bond donors (Lipinski definition) is 13.